The second-order valence-electron chi connectivity index (χ2n) is 7.13. The summed E-state index contributed by atoms with van der Waals surface area (Å²) in [6.45, 7) is -0.424. The van der Waals surface area contributed by atoms with Gasteiger partial charge in [0.1, 0.15) is 0 Å². The van der Waals surface area contributed by atoms with E-state index in [-0.39, 0.29) is 18.6 Å². The molecule has 2 atom stereocenters. The van der Waals surface area contributed by atoms with Gasteiger partial charge < -0.3 is 9.64 Å². The largest absolute Gasteiger partial charge is 0.416 e. The van der Waals surface area contributed by atoms with Crippen molar-refractivity contribution in [3.05, 3.63) is 65.2 Å². The molecule has 1 aliphatic rings. The van der Waals surface area contributed by atoms with E-state index >= 15 is 0 Å². The molecule has 0 amide bonds. The minimum Gasteiger partial charge on any atom is -0.366 e. The predicted molar refractivity (Wildman–Crippen MR) is 97.7 cm³/mol. The molecule has 1 saturated heterocycles. The van der Waals surface area contributed by atoms with Gasteiger partial charge in [0.05, 0.1) is 18.2 Å². The second kappa shape index (κ2) is 8.47. The summed E-state index contributed by atoms with van der Waals surface area (Å²) in [4.78, 5) is 2.02. The Labute approximate surface area is 160 Å². The zero-order chi connectivity index (χ0) is 20.3. The molecule has 28 heavy (non-hydrogen) atoms. The lowest BCUT2D eigenvalue weighted by Crippen LogP contribution is -2.45. The Bertz CT molecular complexity index is 758. The van der Waals surface area contributed by atoms with Crippen LogP contribution in [0.4, 0.5) is 27.6 Å². The smallest absolute Gasteiger partial charge is 0.366 e. The van der Waals surface area contributed by atoms with E-state index in [9.17, 15) is 22.0 Å². The molecule has 0 N–H and O–H groups in total. The molecule has 0 saturated carbocycles. The van der Waals surface area contributed by atoms with E-state index in [2.05, 4.69) is 4.74 Å². The lowest BCUT2D eigenvalue weighted by molar-refractivity contribution is -0.137. The Balaban J connectivity index is 1.80. The van der Waals surface area contributed by atoms with Crippen molar-refractivity contribution in [1.29, 1.82) is 0 Å². The number of anilines is 1. The SMILES string of the molecule is Cc1ccc(N2CC(c3ccc(C(F)(F)F)cc3)CC[C@H]2COC(F)F)cc1. The minimum atomic E-state index is -4.36. The van der Waals surface area contributed by atoms with Gasteiger partial charge in [-0.1, -0.05) is 29.8 Å². The van der Waals surface area contributed by atoms with Crippen LogP contribution in [0.15, 0.2) is 48.5 Å². The van der Waals surface area contributed by atoms with E-state index in [1.807, 2.05) is 36.1 Å². The van der Waals surface area contributed by atoms with Gasteiger partial charge in [0, 0.05) is 18.2 Å². The minimum absolute atomic E-state index is 0.0198. The number of piperidine rings is 1. The number of benzene rings is 2. The summed E-state index contributed by atoms with van der Waals surface area (Å²) in [5.41, 5.74) is 2.12. The molecule has 7 heteroatoms. The molecule has 152 valence electrons. The summed E-state index contributed by atoms with van der Waals surface area (Å²) >= 11 is 0. The lowest BCUT2D eigenvalue weighted by atomic mass is 9.86. The Morgan fingerprint density at radius 1 is 1.00 bits per heavy atom. The van der Waals surface area contributed by atoms with Gasteiger partial charge in [-0.05, 0) is 49.6 Å². The zero-order valence-electron chi connectivity index (χ0n) is 15.4. The molecule has 0 bridgehead atoms. The van der Waals surface area contributed by atoms with Crippen molar-refractivity contribution in [1.82, 2.24) is 0 Å². The first-order valence-corrected chi connectivity index (χ1v) is 9.14. The quantitative estimate of drug-likeness (QED) is 0.572. The first-order chi connectivity index (χ1) is 13.2. The molecule has 3 rings (SSSR count). The van der Waals surface area contributed by atoms with Crippen LogP contribution in [0.2, 0.25) is 0 Å². The average Bonchev–Trinajstić information content (AvgIpc) is 2.66. The molecule has 0 aliphatic carbocycles. The Hall–Kier alpha value is -2.15. The van der Waals surface area contributed by atoms with Crippen molar-refractivity contribution < 1.29 is 26.7 Å². The molecule has 2 nitrogen and oxygen atoms in total. The van der Waals surface area contributed by atoms with Crippen LogP contribution >= 0.6 is 0 Å². The van der Waals surface area contributed by atoms with Gasteiger partial charge in [0.25, 0.3) is 0 Å². The van der Waals surface area contributed by atoms with Crippen molar-refractivity contribution in [3.63, 3.8) is 0 Å². The van der Waals surface area contributed by atoms with Crippen LogP contribution in [0.3, 0.4) is 0 Å². The van der Waals surface area contributed by atoms with Crippen LogP contribution < -0.4 is 4.90 Å². The predicted octanol–water partition coefficient (Wildman–Crippen LogP) is 6.01. The summed E-state index contributed by atoms with van der Waals surface area (Å²) in [6, 6.07) is 12.8. The van der Waals surface area contributed by atoms with Crippen molar-refractivity contribution >= 4 is 5.69 Å². The molecule has 1 unspecified atom stereocenters. The molecular formula is C21H22F5NO. The van der Waals surface area contributed by atoms with E-state index in [1.54, 1.807) is 0 Å². The average molecular weight is 399 g/mol. The Kier molecular flexibility index (Phi) is 6.23. The fourth-order valence-electron chi connectivity index (χ4n) is 3.65. The zero-order valence-corrected chi connectivity index (χ0v) is 15.4. The van der Waals surface area contributed by atoms with Gasteiger partial charge in [-0.15, -0.1) is 0 Å². The van der Waals surface area contributed by atoms with Gasteiger partial charge in [0.2, 0.25) is 0 Å². The molecular weight excluding hydrogens is 377 g/mol. The second-order valence-corrected chi connectivity index (χ2v) is 7.13. The van der Waals surface area contributed by atoms with Gasteiger partial charge in [0.15, 0.2) is 0 Å². The maximum atomic E-state index is 12.8. The molecule has 0 aromatic heterocycles. The maximum Gasteiger partial charge on any atom is 0.416 e. The van der Waals surface area contributed by atoms with E-state index in [0.717, 1.165) is 28.9 Å². The lowest BCUT2D eigenvalue weighted by Gasteiger charge is -2.41. The van der Waals surface area contributed by atoms with E-state index in [4.69, 9.17) is 0 Å². The first kappa shape index (κ1) is 20.6. The van der Waals surface area contributed by atoms with Gasteiger partial charge >= 0.3 is 12.8 Å². The maximum absolute atomic E-state index is 12.8. The number of ether oxygens (including phenoxy) is 1. The van der Waals surface area contributed by atoms with Crippen molar-refractivity contribution in [2.24, 2.45) is 0 Å². The molecule has 1 heterocycles. The number of rotatable bonds is 5. The van der Waals surface area contributed by atoms with Crippen molar-refractivity contribution in [3.8, 4) is 0 Å². The molecule has 2 aromatic rings. The summed E-state index contributed by atoms with van der Waals surface area (Å²) < 4.78 is 68.0. The Morgan fingerprint density at radius 3 is 2.21 bits per heavy atom. The highest BCUT2D eigenvalue weighted by Gasteiger charge is 2.32. The van der Waals surface area contributed by atoms with Crippen LogP contribution in [0.1, 0.15) is 35.4 Å². The normalized spacial score (nSPS) is 20.6. The van der Waals surface area contributed by atoms with Crippen molar-refractivity contribution in [2.45, 2.75) is 44.5 Å². The van der Waals surface area contributed by atoms with Gasteiger partial charge in [-0.25, -0.2) is 0 Å². The molecule has 0 radical (unpaired) electrons. The highest BCUT2D eigenvalue weighted by atomic mass is 19.4. The van der Waals surface area contributed by atoms with Gasteiger partial charge in [-0.3, -0.25) is 0 Å². The van der Waals surface area contributed by atoms with Crippen LogP contribution in [-0.2, 0) is 10.9 Å². The van der Waals surface area contributed by atoms with Crippen molar-refractivity contribution in [2.75, 3.05) is 18.1 Å². The van der Waals surface area contributed by atoms with E-state index < -0.39 is 18.4 Å². The fraction of sp³-hybridized carbons (Fsp3) is 0.429. The third-order valence-electron chi connectivity index (χ3n) is 5.20. The fourth-order valence-corrected chi connectivity index (χ4v) is 3.65. The van der Waals surface area contributed by atoms with Crippen LogP contribution in [0.25, 0.3) is 0 Å². The number of halogens is 5. The number of hydrogen-bond acceptors (Lipinski definition) is 2. The van der Waals surface area contributed by atoms with Gasteiger partial charge in [-0.2, -0.15) is 22.0 Å². The third-order valence-corrected chi connectivity index (χ3v) is 5.20. The Morgan fingerprint density at radius 2 is 1.64 bits per heavy atom. The third kappa shape index (κ3) is 5.01. The van der Waals surface area contributed by atoms with E-state index in [1.165, 1.54) is 12.1 Å². The summed E-state index contributed by atoms with van der Waals surface area (Å²) in [5, 5.41) is 0. The highest BCUT2D eigenvalue weighted by molar-refractivity contribution is 5.50. The number of hydrogen-bond donors (Lipinski definition) is 0. The summed E-state index contributed by atoms with van der Waals surface area (Å²) in [7, 11) is 0. The monoisotopic (exact) mass is 399 g/mol. The highest BCUT2D eigenvalue weighted by Crippen LogP contribution is 2.35. The molecule has 2 aromatic carbocycles. The standard InChI is InChI=1S/C21H22F5NO/c1-14-2-9-18(10-3-14)27-12-16(6-11-19(27)13-28-20(22)23)15-4-7-17(8-5-15)21(24,25)26/h2-5,7-10,16,19-20H,6,11-13H2,1H3/t16?,19-/m0/s1. The molecule has 1 aliphatic heterocycles. The van der Waals surface area contributed by atoms with Crippen LogP contribution in [-0.4, -0.2) is 25.8 Å². The number of alkyl halides is 5. The summed E-state index contributed by atoms with van der Waals surface area (Å²) in [5.74, 6) is 0.0198. The number of aryl methyl sites for hydroxylation is 1. The van der Waals surface area contributed by atoms with E-state index in [0.29, 0.717) is 19.4 Å². The summed E-state index contributed by atoms with van der Waals surface area (Å²) in [6.07, 6.45) is -3.05. The van der Waals surface area contributed by atoms with Crippen LogP contribution in [0, 0.1) is 6.92 Å². The molecule has 0 spiro atoms. The number of nitrogens with zero attached hydrogens (tertiary/aromatic N) is 1. The molecule has 1 fully saturated rings. The first-order valence-electron chi connectivity index (χ1n) is 9.14. The topological polar surface area (TPSA) is 12.5 Å². The van der Waals surface area contributed by atoms with Crippen LogP contribution in [0.5, 0.6) is 0 Å².